The van der Waals surface area contributed by atoms with Crippen molar-refractivity contribution < 1.29 is 0 Å². The van der Waals surface area contributed by atoms with Crippen LogP contribution in [-0.2, 0) is 0 Å². The van der Waals surface area contributed by atoms with Gasteiger partial charge in [-0.2, -0.15) is 5.26 Å². The summed E-state index contributed by atoms with van der Waals surface area (Å²) in [5, 5.41) is 12.0. The zero-order chi connectivity index (χ0) is 11.4. The molecule has 0 aliphatic rings. The molecule has 2 rings (SSSR count). The summed E-state index contributed by atoms with van der Waals surface area (Å²) in [6.45, 7) is 0. The van der Waals surface area contributed by atoms with E-state index in [4.69, 9.17) is 11.0 Å². The highest BCUT2D eigenvalue weighted by Crippen LogP contribution is 2.18. The molecule has 0 unspecified atom stereocenters. The zero-order valence-electron chi connectivity index (χ0n) is 8.64. The molecule has 2 aromatic rings. The molecule has 0 aliphatic heterocycles. The normalized spacial score (nSPS) is 9.44. The van der Waals surface area contributed by atoms with Crippen molar-refractivity contribution in [3.05, 3.63) is 54.1 Å². The Labute approximate surface area is 94.1 Å². The minimum absolute atomic E-state index is 0.639. The highest BCUT2D eigenvalue weighted by molar-refractivity contribution is 5.63. The van der Waals surface area contributed by atoms with Crippen LogP contribution in [0, 0.1) is 11.3 Å². The van der Waals surface area contributed by atoms with Gasteiger partial charge in [0, 0.05) is 17.1 Å². The fourth-order valence-corrected chi connectivity index (χ4v) is 1.40. The third-order valence-corrected chi connectivity index (χ3v) is 2.19. The van der Waals surface area contributed by atoms with Gasteiger partial charge in [-0.1, -0.05) is 6.07 Å². The Morgan fingerprint density at radius 2 is 1.75 bits per heavy atom. The summed E-state index contributed by atoms with van der Waals surface area (Å²) in [5.74, 6) is 0. The molecule has 3 nitrogen and oxygen atoms in total. The summed E-state index contributed by atoms with van der Waals surface area (Å²) >= 11 is 0. The molecule has 0 fully saturated rings. The molecular formula is C13H11N3. The van der Waals surface area contributed by atoms with Crippen LogP contribution in [0.15, 0.2) is 48.5 Å². The number of benzene rings is 2. The fourth-order valence-electron chi connectivity index (χ4n) is 1.40. The molecule has 0 bridgehead atoms. The molecular weight excluding hydrogens is 198 g/mol. The van der Waals surface area contributed by atoms with Gasteiger partial charge in [0.25, 0.3) is 0 Å². The summed E-state index contributed by atoms with van der Waals surface area (Å²) < 4.78 is 0. The number of nitrogen functional groups attached to an aromatic ring is 1. The largest absolute Gasteiger partial charge is 0.399 e. The van der Waals surface area contributed by atoms with E-state index in [-0.39, 0.29) is 0 Å². The predicted octanol–water partition coefficient (Wildman–Crippen LogP) is 2.88. The molecule has 2 aromatic carbocycles. The Hall–Kier alpha value is -2.47. The first kappa shape index (κ1) is 10.1. The Morgan fingerprint density at radius 1 is 1.00 bits per heavy atom. The average Bonchev–Trinajstić information content (AvgIpc) is 2.32. The van der Waals surface area contributed by atoms with Gasteiger partial charge in [-0.15, -0.1) is 0 Å². The van der Waals surface area contributed by atoms with Gasteiger partial charge in [-0.3, -0.25) is 0 Å². The molecule has 0 aliphatic carbocycles. The van der Waals surface area contributed by atoms with Gasteiger partial charge in [-0.25, -0.2) is 0 Å². The van der Waals surface area contributed by atoms with E-state index in [1.54, 1.807) is 12.1 Å². The lowest BCUT2D eigenvalue weighted by molar-refractivity contribution is 1.47. The first-order chi connectivity index (χ1) is 7.78. The lowest BCUT2D eigenvalue weighted by atomic mass is 10.2. The lowest BCUT2D eigenvalue weighted by Gasteiger charge is -2.06. The number of anilines is 3. The maximum atomic E-state index is 8.77. The molecule has 0 amide bonds. The molecule has 0 radical (unpaired) electrons. The van der Waals surface area contributed by atoms with Crippen molar-refractivity contribution in [1.29, 1.82) is 5.26 Å². The smallest absolute Gasteiger partial charge is 0.0992 e. The Balaban J connectivity index is 2.21. The van der Waals surface area contributed by atoms with Crippen molar-refractivity contribution in [3.63, 3.8) is 0 Å². The SMILES string of the molecule is N#Cc1cccc(Nc2ccc(N)cc2)c1. The van der Waals surface area contributed by atoms with Crippen molar-refractivity contribution in [1.82, 2.24) is 0 Å². The van der Waals surface area contributed by atoms with E-state index in [0.717, 1.165) is 17.1 Å². The number of rotatable bonds is 2. The second kappa shape index (κ2) is 4.37. The molecule has 3 heteroatoms. The third-order valence-electron chi connectivity index (χ3n) is 2.19. The van der Waals surface area contributed by atoms with Crippen molar-refractivity contribution in [2.24, 2.45) is 0 Å². The number of nitrogens with two attached hydrogens (primary N) is 1. The van der Waals surface area contributed by atoms with Gasteiger partial charge >= 0.3 is 0 Å². The summed E-state index contributed by atoms with van der Waals surface area (Å²) in [4.78, 5) is 0. The van der Waals surface area contributed by atoms with Crippen LogP contribution in [0.1, 0.15) is 5.56 Å². The summed E-state index contributed by atoms with van der Waals surface area (Å²) in [5.41, 5.74) is 8.81. The van der Waals surface area contributed by atoms with Crippen molar-refractivity contribution >= 4 is 17.1 Å². The maximum Gasteiger partial charge on any atom is 0.0992 e. The van der Waals surface area contributed by atoms with Crippen molar-refractivity contribution in [2.75, 3.05) is 11.1 Å². The van der Waals surface area contributed by atoms with E-state index >= 15 is 0 Å². The predicted molar refractivity (Wildman–Crippen MR) is 65.3 cm³/mol. The molecule has 0 spiro atoms. The van der Waals surface area contributed by atoms with Gasteiger partial charge < -0.3 is 11.1 Å². The molecule has 0 saturated heterocycles. The van der Waals surface area contributed by atoms with Gasteiger partial charge in [0.15, 0.2) is 0 Å². The van der Waals surface area contributed by atoms with Gasteiger partial charge in [0.1, 0.15) is 0 Å². The first-order valence-electron chi connectivity index (χ1n) is 4.91. The lowest BCUT2D eigenvalue weighted by Crippen LogP contribution is -1.91. The molecule has 3 N–H and O–H groups in total. The Bertz CT molecular complexity index is 524. The van der Waals surface area contributed by atoms with Gasteiger partial charge in [0.05, 0.1) is 11.6 Å². The van der Waals surface area contributed by atoms with Crippen LogP contribution < -0.4 is 11.1 Å². The number of hydrogen-bond acceptors (Lipinski definition) is 3. The number of nitrogens with zero attached hydrogens (tertiary/aromatic N) is 1. The van der Waals surface area contributed by atoms with E-state index in [9.17, 15) is 0 Å². The molecule has 16 heavy (non-hydrogen) atoms. The molecule has 78 valence electrons. The number of hydrogen-bond donors (Lipinski definition) is 2. The summed E-state index contributed by atoms with van der Waals surface area (Å²) in [6, 6.07) is 16.9. The third kappa shape index (κ3) is 2.31. The quantitative estimate of drug-likeness (QED) is 0.747. The Morgan fingerprint density at radius 3 is 2.44 bits per heavy atom. The second-order valence-corrected chi connectivity index (χ2v) is 3.44. The zero-order valence-corrected chi connectivity index (χ0v) is 8.64. The van der Waals surface area contributed by atoms with Gasteiger partial charge in [0.2, 0.25) is 0 Å². The van der Waals surface area contributed by atoms with Crippen LogP contribution in [0.2, 0.25) is 0 Å². The number of nitrogens with one attached hydrogen (secondary N) is 1. The topological polar surface area (TPSA) is 61.8 Å². The summed E-state index contributed by atoms with van der Waals surface area (Å²) in [6.07, 6.45) is 0. The second-order valence-electron chi connectivity index (χ2n) is 3.44. The molecule has 0 aromatic heterocycles. The summed E-state index contributed by atoms with van der Waals surface area (Å²) in [7, 11) is 0. The van der Waals surface area contributed by atoms with Crippen LogP contribution in [0.5, 0.6) is 0 Å². The molecule has 0 atom stereocenters. The van der Waals surface area contributed by atoms with E-state index < -0.39 is 0 Å². The maximum absolute atomic E-state index is 8.77. The molecule has 0 heterocycles. The van der Waals surface area contributed by atoms with Gasteiger partial charge in [-0.05, 0) is 42.5 Å². The highest BCUT2D eigenvalue weighted by atomic mass is 14.9. The number of nitriles is 1. The van der Waals surface area contributed by atoms with Crippen molar-refractivity contribution in [3.8, 4) is 6.07 Å². The molecule has 0 saturated carbocycles. The first-order valence-corrected chi connectivity index (χ1v) is 4.91. The van der Waals surface area contributed by atoms with E-state index in [2.05, 4.69) is 11.4 Å². The van der Waals surface area contributed by atoms with E-state index in [1.807, 2.05) is 36.4 Å². The minimum Gasteiger partial charge on any atom is -0.399 e. The van der Waals surface area contributed by atoms with Crippen LogP contribution in [0.4, 0.5) is 17.1 Å². The average molecular weight is 209 g/mol. The van der Waals surface area contributed by atoms with Crippen LogP contribution in [0.3, 0.4) is 0 Å². The van der Waals surface area contributed by atoms with E-state index in [0.29, 0.717) is 5.56 Å². The van der Waals surface area contributed by atoms with Crippen LogP contribution in [0.25, 0.3) is 0 Å². The Kier molecular flexibility index (Phi) is 2.75. The van der Waals surface area contributed by atoms with Crippen molar-refractivity contribution in [2.45, 2.75) is 0 Å². The highest BCUT2D eigenvalue weighted by Gasteiger charge is 1.96. The monoisotopic (exact) mass is 209 g/mol. The minimum atomic E-state index is 0.639. The van der Waals surface area contributed by atoms with E-state index in [1.165, 1.54) is 0 Å². The van der Waals surface area contributed by atoms with Crippen LogP contribution in [-0.4, -0.2) is 0 Å². The standard InChI is InChI=1S/C13H11N3/c14-9-10-2-1-3-13(8-10)16-12-6-4-11(15)5-7-12/h1-8,16H,15H2. The van der Waals surface area contributed by atoms with Crippen LogP contribution >= 0.6 is 0 Å². The fraction of sp³-hybridized carbons (Fsp3) is 0.